The molecule has 0 unspecified atom stereocenters. The van der Waals surface area contributed by atoms with Gasteiger partial charge in [0.25, 0.3) is 0 Å². The molecule has 0 aliphatic heterocycles. The van der Waals surface area contributed by atoms with Crippen molar-refractivity contribution in [2.45, 2.75) is 44.6 Å². The number of hydrogen-bond acceptors (Lipinski definition) is 3. The van der Waals surface area contributed by atoms with Crippen LogP contribution in [0.1, 0.15) is 44.1 Å². The first-order valence-electron chi connectivity index (χ1n) is 7.56. The van der Waals surface area contributed by atoms with E-state index in [-0.39, 0.29) is 29.8 Å². The van der Waals surface area contributed by atoms with E-state index in [1.807, 2.05) is 37.3 Å². The third kappa shape index (κ3) is 3.84. The number of amides is 1. The minimum Gasteiger partial charge on any atom is -0.469 e. The third-order valence-electron chi connectivity index (χ3n) is 4.29. The lowest BCUT2D eigenvalue weighted by molar-refractivity contribution is -0.147. The number of rotatable bonds is 4. The van der Waals surface area contributed by atoms with E-state index in [1.54, 1.807) is 0 Å². The molecule has 0 radical (unpaired) electrons. The maximum absolute atomic E-state index is 12.4. The summed E-state index contributed by atoms with van der Waals surface area (Å²) in [6.07, 6.45) is 3.68. The second-order valence-electron chi connectivity index (χ2n) is 5.66. The van der Waals surface area contributed by atoms with Gasteiger partial charge >= 0.3 is 5.97 Å². The van der Waals surface area contributed by atoms with Crippen LogP contribution in [0.3, 0.4) is 0 Å². The van der Waals surface area contributed by atoms with Crippen molar-refractivity contribution in [3.8, 4) is 0 Å². The van der Waals surface area contributed by atoms with Gasteiger partial charge in [-0.1, -0.05) is 43.2 Å². The van der Waals surface area contributed by atoms with Crippen molar-refractivity contribution >= 4 is 11.9 Å². The molecule has 1 aromatic carbocycles. The van der Waals surface area contributed by atoms with E-state index in [4.69, 9.17) is 4.74 Å². The van der Waals surface area contributed by atoms with Crippen LogP contribution >= 0.6 is 0 Å². The van der Waals surface area contributed by atoms with Crippen LogP contribution in [0.15, 0.2) is 30.3 Å². The van der Waals surface area contributed by atoms with Gasteiger partial charge in [0.15, 0.2) is 0 Å². The standard InChI is InChI=1S/C17H23NO3/c1-12(13-8-4-3-5-9-13)16(19)18-15-11-7-6-10-14(15)17(20)21-2/h3-5,8-9,12,14-15H,6-7,10-11H2,1-2H3,(H,18,19)/t12-,14-,15-/m1/s1. The maximum Gasteiger partial charge on any atom is 0.310 e. The van der Waals surface area contributed by atoms with Gasteiger partial charge in [-0.3, -0.25) is 9.59 Å². The number of nitrogens with one attached hydrogen (secondary N) is 1. The average molecular weight is 289 g/mol. The van der Waals surface area contributed by atoms with Crippen LogP contribution in [0.2, 0.25) is 0 Å². The smallest absolute Gasteiger partial charge is 0.310 e. The monoisotopic (exact) mass is 289 g/mol. The summed E-state index contributed by atoms with van der Waals surface area (Å²) in [5.74, 6) is -0.670. The van der Waals surface area contributed by atoms with Gasteiger partial charge in [-0.15, -0.1) is 0 Å². The number of carbonyl (C=O) groups is 2. The van der Waals surface area contributed by atoms with Crippen molar-refractivity contribution in [2.75, 3.05) is 7.11 Å². The molecule has 0 spiro atoms. The predicted octanol–water partition coefficient (Wildman–Crippen LogP) is 2.64. The quantitative estimate of drug-likeness (QED) is 0.867. The molecule has 1 saturated carbocycles. The summed E-state index contributed by atoms with van der Waals surface area (Å²) in [7, 11) is 1.41. The molecule has 21 heavy (non-hydrogen) atoms. The summed E-state index contributed by atoms with van der Waals surface area (Å²) >= 11 is 0. The zero-order valence-electron chi connectivity index (χ0n) is 12.7. The Morgan fingerprint density at radius 1 is 1.19 bits per heavy atom. The van der Waals surface area contributed by atoms with E-state index in [0.29, 0.717) is 0 Å². The molecule has 4 nitrogen and oxygen atoms in total. The largest absolute Gasteiger partial charge is 0.469 e. The fourth-order valence-corrected chi connectivity index (χ4v) is 2.94. The Balaban J connectivity index is 2.01. The molecule has 1 aliphatic rings. The van der Waals surface area contributed by atoms with Crippen LogP contribution in [0.4, 0.5) is 0 Å². The molecule has 4 heteroatoms. The van der Waals surface area contributed by atoms with E-state index in [0.717, 1.165) is 31.2 Å². The highest BCUT2D eigenvalue weighted by Gasteiger charge is 2.33. The zero-order valence-corrected chi connectivity index (χ0v) is 12.7. The molecular weight excluding hydrogens is 266 g/mol. The normalized spacial score (nSPS) is 23.1. The van der Waals surface area contributed by atoms with Gasteiger partial charge in [-0.2, -0.15) is 0 Å². The second kappa shape index (κ2) is 7.25. The Hall–Kier alpha value is -1.84. The van der Waals surface area contributed by atoms with Crippen molar-refractivity contribution in [1.82, 2.24) is 5.32 Å². The van der Waals surface area contributed by atoms with Gasteiger partial charge in [0, 0.05) is 6.04 Å². The summed E-state index contributed by atoms with van der Waals surface area (Å²) < 4.78 is 4.86. The molecule has 1 fully saturated rings. The summed E-state index contributed by atoms with van der Waals surface area (Å²) in [6, 6.07) is 9.58. The van der Waals surface area contributed by atoms with Crippen LogP contribution < -0.4 is 5.32 Å². The van der Waals surface area contributed by atoms with Gasteiger partial charge in [-0.05, 0) is 25.3 Å². The zero-order chi connectivity index (χ0) is 15.2. The number of benzene rings is 1. The molecule has 3 atom stereocenters. The maximum atomic E-state index is 12.4. The fraction of sp³-hybridized carbons (Fsp3) is 0.529. The molecule has 1 N–H and O–H groups in total. The molecule has 0 bridgehead atoms. The average Bonchev–Trinajstić information content (AvgIpc) is 2.54. The van der Waals surface area contributed by atoms with Crippen LogP contribution in [-0.4, -0.2) is 25.0 Å². The topological polar surface area (TPSA) is 55.4 Å². The first-order valence-corrected chi connectivity index (χ1v) is 7.56. The summed E-state index contributed by atoms with van der Waals surface area (Å²) in [4.78, 5) is 24.2. The lowest BCUT2D eigenvalue weighted by Gasteiger charge is -2.31. The lowest BCUT2D eigenvalue weighted by atomic mass is 9.84. The molecule has 1 aliphatic carbocycles. The number of hydrogen-bond donors (Lipinski definition) is 1. The SMILES string of the molecule is COC(=O)[C@@H]1CCCC[C@H]1NC(=O)[C@H](C)c1ccccc1. The summed E-state index contributed by atoms with van der Waals surface area (Å²) in [5.41, 5.74) is 0.987. The highest BCUT2D eigenvalue weighted by atomic mass is 16.5. The molecule has 0 heterocycles. The number of methoxy groups -OCH3 is 1. The molecule has 1 amide bonds. The Bertz CT molecular complexity index is 486. The van der Waals surface area contributed by atoms with Crippen molar-refractivity contribution in [3.63, 3.8) is 0 Å². The van der Waals surface area contributed by atoms with Crippen molar-refractivity contribution in [1.29, 1.82) is 0 Å². The van der Waals surface area contributed by atoms with E-state index in [2.05, 4.69) is 5.32 Å². The molecule has 0 saturated heterocycles. The van der Waals surface area contributed by atoms with Crippen LogP contribution in [-0.2, 0) is 14.3 Å². The minimum atomic E-state index is -0.216. The highest BCUT2D eigenvalue weighted by Crippen LogP contribution is 2.26. The first kappa shape index (κ1) is 15.5. The number of esters is 1. The van der Waals surface area contributed by atoms with Gasteiger partial charge in [-0.25, -0.2) is 0 Å². The molecule has 0 aromatic heterocycles. The van der Waals surface area contributed by atoms with Crippen molar-refractivity contribution in [2.24, 2.45) is 5.92 Å². The number of ether oxygens (including phenoxy) is 1. The Morgan fingerprint density at radius 2 is 1.86 bits per heavy atom. The minimum absolute atomic E-state index is 0.0259. The predicted molar refractivity (Wildman–Crippen MR) is 80.8 cm³/mol. The van der Waals surface area contributed by atoms with E-state index >= 15 is 0 Å². The Labute approximate surface area is 125 Å². The molecule has 2 rings (SSSR count). The summed E-state index contributed by atoms with van der Waals surface area (Å²) in [5, 5.41) is 3.04. The first-order chi connectivity index (χ1) is 10.1. The van der Waals surface area contributed by atoms with Gasteiger partial charge in [0.1, 0.15) is 0 Å². The Kier molecular flexibility index (Phi) is 5.37. The van der Waals surface area contributed by atoms with Gasteiger partial charge in [0.2, 0.25) is 5.91 Å². The van der Waals surface area contributed by atoms with E-state index in [9.17, 15) is 9.59 Å². The van der Waals surface area contributed by atoms with Crippen LogP contribution in [0.5, 0.6) is 0 Å². The van der Waals surface area contributed by atoms with Gasteiger partial charge in [0.05, 0.1) is 18.9 Å². The van der Waals surface area contributed by atoms with Crippen LogP contribution in [0, 0.1) is 5.92 Å². The van der Waals surface area contributed by atoms with Crippen molar-refractivity contribution < 1.29 is 14.3 Å². The molecule has 1 aromatic rings. The molecule has 114 valence electrons. The lowest BCUT2D eigenvalue weighted by Crippen LogP contribution is -2.46. The fourth-order valence-electron chi connectivity index (χ4n) is 2.94. The van der Waals surface area contributed by atoms with Crippen molar-refractivity contribution in [3.05, 3.63) is 35.9 Å². The van der Waals surface area contributed by atoms with E-state index < -0.39 is 0 Å². The molecular formula is C17H23NO3. The number of carbonyl (C=O) groups excluding carboxylic acids is 2. The summed E-state index contributed by atoms with van der Waals surface area (Å²) in [6.45, 7) is 1.89. The van der Waals surface area contributed by atoms with Crippen LogP contribution in [0.25, 0.3) is 0 Å². The highest BCUT2D eigenvalue weighted by molar-refractivity contribution is 5.84. The van der Waals surface area contributed by atoms with E-state index in [1.165, 1.54) is 7.11 Å². The van der Waals surface area contributed by atoms with Gasteiger partial charge < -0.3 is 10.1 Å². The Morgan fingerprint density at radius 3 is 2.52 bits per heavy atom. The third-order valence-corrected chi connectivity index (χ3v) is 4.29. The second-order valence-corrected chi connectivity index (χ2v) is 5.66.